The zero-order valence-electron chi connectivity index (χ0n) is 17.7. The fourth-order valence-corrected chi connectivity index (χ4v) is 3.95. The number of para-hydroxylation sites is 1. The molecule has 1 fully saturated rings. The molecular weight excluding hydrogens is 444 g/mol. The van der Waals surface area contributed by atoms with Gasteiger partial charge in [-0.05, 0) is 24.3 Å². The van der Waals surface area contributed by atoms with Gasteiger partial charge in [0.2, 0.25) is 24.6 Å². The van der Waals surface area contributed by atoms with Crippen molar-refractivity contribution in [2.75, 3.05) is 54.4 Å². The first-order valence-electron chi connectivity index (χ1n) is 10.5. The summed E-state index contributed by atoms with van der Waals surface area (Å²) in [6.45, 7) is 2.82. The van der Waals surface area contributed by atoms with E-state index in [1.165, 1.54) is 11.8 Å². The highest BCUT2D eigenvalue weighted by Crippen LogP contribution is 2.34. The molecule has 11 heteroatoms. The van der Waals surface area contributed by atoms with Gasteiger partial charge in [-0.1, -0.05) is 30.0 Å². The molecule has 1 aromatic heterocycles. The Morgan fingerprint density at radius 1 is 0.970 bits per heavy atom. The lowest BCUT2D eigenvalue weighted by atomic mass is 10.3. The molecular formula is C22H22N6O4S. The zero-order valence-corrected chi connectivity index (χ0v) is 18.5. The molecule has 3 heterocycles. The van der Waals surface area contributed by atoms with Gasteiger partial charge in [-0.3, -0.25) is 4.79 Å². The maximum absolute atomic E-state index is 12.5. The lowest BCUT2D eigenvalue weighted by Crippen LogP contribution is -2.37. The summed E-state index contributed by atoms with van der Waals surface area (Å²) >= 11 is 1.25. The molecule has 33 heavy (non-hydrogen) atoms. The number of carbonyl (C=O) groups excluding carboxylic acids is 1. The molecule has 2 aliphatic rings. The molecule has 2 aliphatic heterocycles. The number of morpholine rings is 1. The highest BCUT2D eigenvalue weighted by Gasteiger charge is 2.18. The standard InChI is InChI=1S/C22H22N6O4S/c29-19(23-16-6-7-17-18(12-16)32-14-31-17)13-33-22-26-20(24-15-4-2-1-3-5-15)25-21(27-22)28-8-10-30-11-9-28/h1-7,12H,8-11,13-14H2,(H,23,29)(H,24,25,26,27). The van der Waals surface area contributed by atoms with Gasteiger partial charge in [0.25, 0.3) is 0 Å². The number of thioether (sulfide) groups is 1. The molecule has 0 radical (unpaired) electrons. The van der Waals surface area contributed by atoms with E-state index in [1.807, 2.05) is 30.3 Å². The Bertz CT molecular complexity index is 1130. The number of benzene rings is 2. The number of aromatic nitrogens is 3. The second kappa shape index (κ2) is 9.92. The summed E-state index contributed by atoms with van der Waals surface area (Å²) < 4.78 is 16.1. The van der Waals surface area contributed by atoms with Crippen LogP contribution in [0.25, 0.3) is 0 Å². The van der Waals surface area contributed by atoms with E-state index in [0.717, 1.165) is 5.69 Å². The molecule has 5 rings (SSSR count). The molecule has 2 aromatic carbocycles. The number of ether oxygens (including phenoxy) is 3. The van der Waals surface area contributed by atoms with E-state index >= 15 is 0 Å². The second-order valence-electron chi connectivity index (χ2n) is 7.24. The first-order valence-corrected chi connectivity index (χ1v) is 11.4. The van der Waals surface area contributed by atoms with E-state index in [2.05, 4.69) is 30.5 Å². The van der Waals surface area contributed by atoms with Crippen LogP contribution in [0.5, 0.6) is 11.5 Å². The highest BCUT2D eigenvalue weighted by molar-refractivity contribution is 7.99. The van der Waals surface area contributed by atoms with Crippen molar-refractivity contribution in [3.05, 3.63) is 48.5 Å². The number of hydrogen-bond donors (Lipinski definition) is 2. The van der Waals surface area contributed by atoms with Crippen LogP contribution in [0.1, 0.15) is 0 Å². The SMILES string of the molecule is O=C(CSc1nc(Nc2ccccc2)nc(N2CCOCC2)n1)Nc1ccc2c(c1)OCO2. The van der Waals surface area contributed by atoms with Crippen molar-refractivity contribution in [1.29, 1.82) is 0 Å². The van der Waals surface area contributed by atoms with E-state index in [-0.39, 0.29) is 18.5 Å². The van der Waals surface area contributed by atoms with Crippen LogP contribution in [0.2, 0.25) is 0 Å². The molecule has 0 unspecified atom stereocenters. The predicted molar refractivity (Wildman–Crippen MR) is 125 cm³/mol. The van der Waals surface area contributed by atoms with Crippen LogP contribution < -0.4 is 25.0 Å². The fraction of sp³-hybridized carbons (Fsp3) is 0.273. The van der Waals surface area contributed by atoms with Crippen molar-refractivity contribution in [3.63, 3.8) is 0 Å². The number of nitrogens with zero attached hydrogens (tertiary/aromatic N) is 4. The number of fused-ring (bicyclic) bond motifs is 1. The van der Waals surface area contributed by atoms with Gasteiger partial charge >= 0.3 is 0 Å². The van der Waals surface area contributed by atoms with Crippen LogP contribution in [0.3, 0.4) is 0 Å². The molecule has 0 saturated carbocycles. The first-order chi connectivity index (χ1) is 16.2. The van der Waals surface area contributed by atoms with Crippen LogP contribution in [0.15, 0.2) is 53.7 Å². The quantitative estimate of drug-likeness (QED) is 0.504. The van der Waals surface area contributed by atoms with Gasteiger partial charge in [0, 0.05) is 30.5 Å². The molecule has 0 spiro atoms. The summed E-state index contributed by atoms with van der Waals surface area (Å²) in [7, 11) is 0. The van der Waals surface area contributed by atoms with Gasteiger partial charge in [0.05, 0.1) is 19.0 Å². The average molecular weight is 467 g/mol. The minimum absolute atomic E-state index is 0.145. The van der Waals surface area contributed by atoms with Crippen molar-refractivity contribution in [2.24, 2.45) is 0 Å². The van der Waals surface area contributed by atoms with Crippen LogP contribution in [0, 0.1) is 0 Å². The average Bonchev–Trinajstić information content (AvgIpc) is 3.32. The third kappa shape index (κ3) is 5.44. The minimum atomic E-state index is -0.176. The van der Waals surface area contributed by atoms with E-state index in [1.54, 1.807) is 18.2 Å². The van der Waals surface area contributed by atoms with Crippen LogP contribution in [-0.2, 0) is 9.53 Å². The summed E-state index contributed by atoms with van der Waals surface area (Å²) in [6.07, 6.45) is 0. The monoisotopic (exact) mass is 466 g/mol. The van der Waals surface area contributed by atoms with Crippen molar-refractivity contribution in [1.82, 2.24) is 15.0 Å². The van der Waals surface area contributed by atoms with Gasteiger partial charge in [0.1, 0.15) is 0 Å². The van der Waals surface area contributed by atoms with E-state index in [4.69, 9.17) is 14.2 Å². The Labute approximate surface area is 194 Å². The lowest BCUT2D eigenvalue weighted by molar-refractivity contribution is -0.113. The molecule has 3 aromatic rings. The van der Waals surface area contributed by atoms with Crippen molar-refractivity contribution >= 4 is 40.9 Å². The van der Waals surface area contributed by atoms with Crippen molar-refractivity contribution in [2.45, 2.75) is 5.16 Å². The molecule has 2 N–H and O–H groups in total. The number of anilines is 4. The Morgan fingerprint density at radius 2 is 1.79 bits per heavy atom. The maximum atomic E-state index is 12.5. The molecule has 1 amide bonds. The topological polar surface area (TPSA) is 111 Å². The molecule has 0 bridgehead atoms. The van der Waals surface area contributed by atoms with Gasteiger partial charge in [-0.15, -0.1) is 0 Å². The summed E-state index contributed by atoms with van der Waals surface area (Å²) in [6, 6.07) is 15.0. The summed E-state index contributed by atoms with van der Waals surface area (Å²) in [5.41, 5.74) is 1.51. The van der Waals surface area contributed by atoms with Crippen LogP contribution >= 0.6 is 11.8 Å². The third-order valence-electron chi connectivity index (χ3n) is 4.92. The molecule has 0 aliphatic carbocycles. The predicted octanol–water partition coefficient (Wildman–Crippen LogP) is 2.91. The zero-order chi connectivity index (χ0) is 22.5. The second-order valence-corrected chi connectivity index (χ2v) is 8.18. The third-order valence-corrected chi connectivity index (χ3v) is 5.76. The van der Waals surface area contributed by atoms with Gasteiger partial charge in [-0.2, -0.15) is 15.0 Å². The Balaban J connectivity index is 1.28. The van der Waals surface area contributed by atoms with Crippen LogP contribution in [0.4, 0.5) is 23.3 Å². The van der Waals surface area contributed by atoms with E-state index < -0.39 is 0 Å². The smallest absolute Gasteiger partial charge is 0.234 e. The van der Waals surface area contributed by atoms with Gasteiger partial charge in [-0.25, -0.2) is 0 Å². The van der Waals surface area contributed by atoms with Gasteiger partial charge < -0.3 is 29.7 Å². The summed E-state index contributed by atoms with van der Waals surface area (Å²) in [4.78, 5) is 28.2. The number of nitrogens with one attached hydrogen (secondary N) is 2. The Kier molecular flexibility index (Phi) is 6.40. The van der Waals surface area contributed by atoms with E-state index in [9.17, 15) is 4.79 Å². The van der Waals surface area contributed by atoms with E-state index in [0.29, 0.717) is 60.5 Å². The number of carbonyl (C=O) groups is 1. The summed E-state index contributed by atoms with van der Waals surface area (Å²) in [5.74, 6) is 2.24. The van der Waals surface area contributed by atoms with Crippen molar-refractivity contribution in [3.8, 4) is 11.5 Å². The largest absolute Gasteiger partial charge is 0.454 e. The molecule has 1 saturated heterocycles. The van der Waals surface area contributed by atoms with Gasteiger partial charge in [0.15, 0.2) is 16.7 Å². The Hall–Kier alpha value is -3.57. The molecule has 170 valence electrons. The maximum Gasteiger partial charge on any atom is 0.234 e. The normalized spacial score (nSPS) is 14.7. The number of rotatable bonds is 7. The number of hydrogen-bond acceptors (Lipinski definition) is 10. The number of amides is 1. The molecule has 0 atom stereocenters. The fourth-order valence-electron chi connectivity index (χ4n) is 3.32. The lowest BCUT2D eigenvalue weighted by Gasteiger charge is -2.27. The highest BCUT2D eigenvalue weighted by atomic mass is 32.2. The first kappa shape index (κ1) is 21.3. The minimum Gasteiger partial charge on any atom is -0.454 e. The Morgan fingerprint density at radius 3 is 2.64 bits per heavy atom. The molecule has 10 nitrogen and oxygen atoms in total. The van der Waals surface area contributed by atoms with Crippen LogP contribution in [-0.4, -0.2) is 59.7 Å². The van der Waals surface area contributed by atoms with Crippen molar-refractivity contribution < 1.29 is 19.0 Å². The summed E-state index contributed by atoms with van der Waals surface area (Å²) in [5, 5.41) is 6.54.